The first-order chi connectivity index (χ1) is 9.70. The first-order valence-electron chi connectivity index (χ1n) is 6.32. The molecule has 1 amide bonds. The van der Waals surface area contributed by atoms with Crippen molar-refractivity contribution in [3.8, 4) is 0 Å². The van der Waals surface area contributed by atoms with Crippen LogP contribution in [0.3, 0.4) is 0 Å². The molecule has 0 aliphatic carbocycles. The number of amides is 1. The van der Waals surface area contributed by atoms with Gasteiger partial charge in [-0.1, -0.05) is 19.1 Å². The number of anilines is 2. The Morgan fingerprint density at radius 2 is 2.10 bits per heavy atom. The molecule has 0 aliphatic rings. The number of para-hydroxylation sites is 1. The minimum atomic E-state index is -0.487. The third kappa shape index (κ3) is 3.50. The molecular weight excluding hydrogens is 259 g/mol. The standard InChI is InChI=1S/C14H15FN4O/c1-2-7-16-13-8-12(17-9-18-13)14(20)19-11-6-4-3-5-10(11)15/h3-6,8-9H,2,7H2,1H3,(H,19,20)(H,16,17,18). The Labute approximate surface area is 116 Å². The summed E-state index contributed by atoms with van der Waals surface area (Å²) in [5.41, 5.74) is 0.307. The van der Waals surface area contributed by atoms with E-state index in [1.54, 1.807) is 12.1 Å². The average molecular weight is 274 g/mol. The van der Waals surface area contributed by atoms with Crippen molar-refractivity contribution < 1.29 is 9.18 Å². The number of nitrogens with zero attached hydrogens (tertiary/aromatic N) is 2. The summed E-state index contributed by atoms with van der Waals surface area (Å²) in [6.07, 6.45) is 2.25. The molecule has 0 fully saturated rings. The Kier molecular flexibility index (Phi) is 4.60. The summed E-state index contributed by atoms with van der Waals surface area (Å²) in [7, 11) is 0. The summed E-state index contributed by atoms with van der Waals surface area (Å²) in [5.74, 6) is -0.392. The van der Waals surface area contributed by atoms with Gasteiger partial charge in [-0.2, -0.15) is 0 Å². The Balaban J connectivity index is 2.11. The zero-order valence-corrected chi connectivity index (χ0v) is 11.1. The van der Waals surface area contributed by atoms with Crippen LogP contribution in [0.4, 0.5) is 15.9 Å². The molecule has 0 atom stereocenters. The molecule has 5 nitrogen and oxygen atoms in total. The highest BCUT2D eigenvalue weighted by atomic mass is 19.1. The second-order valence-corrected chi connectivity index (χ2v) is 4.15. The molecular formula is C14H15FN4O. The van der Waals surface area contributed by atoms with Gasteiger partial charge in [0.25, 0.3) is 5.91 Å². The van der Waals surface area contributed by atoms with Gasteiger partial charge in [0.1, 0.15) is 23.7 Å². The number of carbonyl (C=O) groups excluding carboxylic acids is 1. The topological polar surface area (TPSA) is 66.9 Å². The van der Waals surface area contributed by atoms with Gasteiger partial charge in [-0.25, -0.2) is 14.4 Å². The maximum Gasteiger partial charge on any atom is 0.274 e. The number of hydrogen-bond donors (Lipinski definition) is 2. The first kappa shape index (κ1) is 13.9. The SMILES string of the molecule is CCCNc1cc(C(=O)Nc2ccccc2F)ncn1. The Morgan fingerprint density at radius 3 is 2.85 bits per heavy atom. The molecule has 104 valence electrons. The average Bonchev–Trinajstić information content (AvgIpc) is 2.48. The summed E-state index contributed by atoms with van der Waals surface area (Å²) < 4.78 is 13.5. The van der Waals surface area contributed by atoms with E-state index < -0.39 is 11.7 Å². The van der Waals surface area contributed by atoms with E-state index in [1.807, 2.05) is 6.92 Å². The molecule has 2 rings (SSSR count). The number of nitrogens with one attached hydrogen (secondary N) is 2. The lowest BCUT2D eigenvalue weighted by Crippen LogP contribution is -2.15. The summed E-state index contributed by atoms with van der Waals surface area (Å²) >= 11 is 0. The van der Waals surface area contributed by atoms with E-state index in [0.717, 1.165) is 13.0 Å². The molecule has 2 N–H and O–H groups in total. The van der Waals surface area contributed by atoms with E-state index >= 15 is 0 Å². The Bertz CT molecular complexity index is 603. The van der Waals surface area contributed by atoms with Crippen LogP contribution in [0.5, 0.6) is 0 Å². The zero-order chi connectivity index (χ0) is 14.4. The fourth-order valence-corrected chi connectivity index (χ4v) is 1.58. The van der Waals surface area contributed by atoms with E-state index in [2.05, 4.69) is 20.6 Å². The van der Waals surface area contributed by atoms with E-state index in [4.69, 9.17) is 0 Å². The molecule has 0 saturated carbocycles. The minimum Gasteiger partial charge on any atom is -0.370 e. The van der Waals surface area contributed by atoms with E-state index in [0.29, 0.717) is 5.82 Å². The molecule has 0 bridgehead atoms. The predicted octanol–water partition coefficient (Wildman–Crippen LogP) is 2.69. The van der Waals surface area contributed by atoms with Crippen molar-refractivity contribution >= 4 is 17.4 Å². The van der Waals surface area contributed by atoms with Gasteiger partial charge < -0.3 is 10.6 Å². The van der Waals surface area contributed by atoms with Crippen molar-refractivity contribution in [1.82, 2.24) is 9.97 Å². The van der Waals surface area contributed by atoms with Gasteiger partial charge in [0.05, 0.1) is 5.69 Å². The highest BCUT2D eigenvalue weighted by Crippen LogP contribution is 2.14. The third-order valence-electron chi connectivity index (χ3n) is 2.58. The van der Waals surface area contributed by atoms with Crippen LogP contribution in [0, 0.1) is 5.82 Å². The van der Waals surface area contributed by atoms with Crippen molar-refractivity contribution in [2.45, 2.75) is 13.3 Å². The van der Waals surface area contributed by atoms with Gasteiger partial charge in [0.15, 0.2) is 0 Å². The van der Waals surface area contributed by atoms with Crippen molar-refractivity contribution in [2.75, 3.05) is 17.2 Å². The lowest BCUT2D eigenvalue weighted by atomic mass is 10.3. The minimum absolute atomic E-state index is 0.124. The number of carbonyl (C=O) groups is 1. The Morgan fingerprint density at radius 1 is 1.30 bits per heavy atom. The largest absolute Gasteiger partial charge is 0.370 e. The predicted molar refractivity (Wildman–Crippen MR) is 75.2 cm³/mol. The van der Waals surface area contributed by atoms with Gasteiger partial charge in [0.2, 0.25) is 0 Å². The molecule has 1 aromatic carbocycles. The van der Waals surface area contributed by atoms with Crippen molar-refractivity contribution in [3.05, 3.63) is 48.2 Å². The molecule has 1 heterocycles. The van der Waals surface area contributed by atoms with Crippen LogP contribution < -0.4 is 10.6 Å². The highest BCUT2D eigenvalue weighted by Gasteiger charge is 2.11. The van der Waals surface area contributed by atoms with Gasteiger partial charge in [0, 0.05) is 12.6 Å². The monoisotopic (exact) mass is 274 g/mol. The van der Waals surface area contributed by atoms with Crippen LogP contribution in [0.15, 0.2) is 36.7 Å². The maximum atomic E-state index is 13.5. The summed E-state index contributed by atoms with van der Waals surface area (Å²) in [4.78, 5) is 19.9. The molecule has 0 aliphatic heterocycles. The van der Waals surface area contributed by atoms with Crippen LogP contribution in [0.1, 0.15) is 23.8 Å². The number of rotatable bonds is 5. The number of aromatic nitrogens is 2. The lowest BCUT2D eigenvalue weighted by molar-refractivity contribution is 0.102. The van der Waals surface area contributed by atoms with Crippen LogP contribution in [-0.2, 0) is 0 Å². The van der Waals surface area contributed by atoms with Gasteiger partial charge >= 0.3 is 0 Å². The number of halogens is 1. The van der Waals surface area contributed by atoms with Crippen molar-refractivity contribution in [1.29, 1.82) is 0 Å². The number of hydrogen-bond acceptors (Lipinski definition) is 4. The molecule has 0 spiro atoms. The smallest absolute Gasteiger partial charge is 0.274 e. The van der Waals surface area contributed by atoms with Crippen molar-refractivity contribution in [3.63, 3.8) is 0 Å². The summed E-state index contributed by atoms with van der Waals surface area (Å²) in [6.45, 7) is 2.78. The van der Waals surface area contributed by atoms with Gasteiger partial charge in [-0.3, -0.25) is 4.79 Å². The molecule has 0 radical (unpaired) electrons. The van der Waals surface area contributed by atoms with Crippen molar-refractivity contribution in [2.24, 2.45) is 0 Å². The van der Waals surface area contributed by atoms with E-state index in [1.165, 1.54) is 24.5 Å². The number of benzene rings is 1. The van der Waals surface area contributed by atoms with E-state index in [9.17, 15) is 9.18 Å². The second kappa shape index (κ2) is 6.60. The van der Waals surface area contributed by atoms with Gasteiger partial charge in [-0.15, -0.1) is 0 Å². The first-order valence-corrected chi connectivity index (χ1v) is 6.32. The van der Waals surface area contributed by atoms with Crippen LogP contribution in [-0.4, -0.2) is 22.4 Å². The molecule has 1 aromatic heterocycles. The molecule has 0 saturated heterocycles. The molecule has 6 heteroatoms. The fourth-order valence-electron chi connectivity index (χ4n) is 1.58. The zero-order valence-electron chi connectivity index (χ0n) is 11.1. The maximum absolute atomic E-state index is 13.5. The van der Waals surface area contributed by atoms with Gasteiger partial charge in [-0.05, 0) is 18.6 Å². The molecule has 2 aromatic rings. The Hall–Kier alpha value is -2.50. The highest BCUT2D eigenvalue weighted by molar-refractivity contribution is 6.03. The second-order valence-electron chi connectivity index (χ2n) is 4.15. The summed E-state index contributed by atoms with van der Waals surface area (Å²) in [5, 5.41) is 5.54. The summed E-state index contributed by atoms with van der Waals surface area (Å²) in [6, 6.07) is 7.51. The van der Waals surface area contributed by atoms with Crippen LogP contribution in [0.25, 0.3) is 0 Å². The molecule has 20 heavy (non-hydrogen) atoms. The fraction of sp³-hybridized carbons (Fsp3) is 0.214. The quantitative estimate of drug-likeness (QED) is 0.879. The van der Waals surface area contributed by atoms with Crippen LogP contribution in [0.2, 0.25) is 0 Å². The lowest BCUT2D eigenvalue weighted by Gasteiger charge is -2.07. The molecule has 0 unspecified atom stereocenters. The third-order valence-corrected chi connectivity index (χ3v) is 2.58. The normalized spacial score (nSPS) is 10.1. The van der Waals surface area contributed by atoms with Crippen LogP contribution >= 0.6 is 0 Å². The van der Waals surface area contributed by atoms with E-state index in [-0.39, 0.29) is 11.4 Å².